The number of hydrogen-bond donors (Lipinski definition) is 1. The predicted molar refractivity (Wildman–Crippen MR) is 115 cm³/mol. The number of para-hydroxylation sites is 1. The lowest BCUT2D eigenvalue weighted by Gasteiger charge is -2.07. The zero-order valence-corrected chi connectivity index (χ0v) is 17.2. The SMILES string of the molecule is CC(=O)c1ccc2c(c1)oc(=O)n2CC(=O)Nc1c(C)n(C)n(-c2ccccc2)c1=O. The van der Waals surface area contributed by atoms with Crippen molar-refractivity contribution in [1.29, 1.82) is 0 Å². The standard InChI is InChI=1S/C22H20N4O5/c1-13-20(21(29)26(24(13)3)16-7-5-4-6-8-16)23-19(28)12-25-17-10-9-15(14(2)27)11-18(17)31-22(25)30/h4-11H,12H2,1-3H3,(H,23,28). The van der Waals surface area contributed by atoms with Crippen molar-refractivity contribution in [2.45, 2.75) is 20.4 Å². The van der Waals surface area contributed by atoms with Crippen LogP contribution in [0.2, 0.25) is 0 Å². The number of hydrogen-bond acceptors (Lipinski definition) is 5. The third-order valence-corrected chi connectivity index (χ3v) is 5.20. The Bertz CT molecular complexity index is 1440. The van der Waals surface area contributed by atoms with Gasteiger partial charge in [0.1, 0.15) is 12.2 Å². The van der Waals surface area contributed by atoms with E-state index < -0.39 is 11.7 Å². The van der Waals surface area contributed by atoms with E-state index in [1.54, 1.807) is 42.9 Å². The molecule has 0 aliphatic heterocycles. The predicted octanol–water partition coefficient (Wildman–Crippen LogP) is 2.23. The molecule has 2 aromatic heterocycles. The van der Waals surface area contributed by atoms with Crippen molar-refractivity contribution in [3.05, 3.63) is 80.7 Å². The number of aromatic nitrogens is 3. The summed E-state index contributed by atoms with van der Waals surface area (Å²) in [5, 5.41) is 2.62. The summed E-state index contributed by atoms with van der Waals surface area (Å²) >= 11 is 0. The summed E-state index contributed by atoms with van der Waals surface area (Å²) in [7, 11) is 1.72. The van der Waals surface area contributed by atoms with E-state index in [2.05, 4.69) is 5.32 Å². The molecule has 1 N–H and O–H groups in total. The topological polar surface area (TPSA) is 108 Å². The summed E-state index contributed by atoms with van der Waals surface area (Å²) in [4.78, 5) is 49.4. The Morgan fingerprint density at radius 3 is 2.45 bits per heavy atom. The van der Waals surface area contributed by atoms with Crippen LogP contribution >= 0.6 is 0 Å². The highest BCUT2D eigenvalue weighted by atomic mass is 16.4. The van der Waals surface area contributed by atoms with Gasteiger partial charge in [-0.3, -0.25) is 23.6 Å². The maximum atomic E-state index is 12.9. The monoisotopic (exact) mass is 420 g/mol. The van der Waals surface area contributed by atoms with Gasteiger partial charge in [-0.2, -0.15) is 0 Å². The molecule has 1 amide bonds. The molecule has 0 saturated heterocycles. The van der Waals surface area contributed by atoms with Gasteiger partial charge < -0.3 is 9.73 Å². The fraction of sp³-hybridized carbons (Fsp3) is 0.182. The van der Waals surface area contributed by atoms with E-state index in [1.807, 2.05) is 18.2 Å². The molecular weight excluding hydrogens is 400 g/mol. The van der Waals surface area contributed by atoms with Crippen LogP contribution in [0.1, 0.15) is 23.0 Å². The normalized spacial score (nSPS) is 11.1. The van der Waals surface area contributed by atoms with Gasteiger partial charge in [0, 0.05) is 12.6 Å². The van der Waals surface area contributed by atoms with Crippen molar-refractivity contribution >= 4 is 28.5 Å². The number of benzene rings is 2. The van der Waals surface area contributed by atoms with Crippen LogP contribution in [0.15, 0.2) is 62.5 Å². The molecule has 0 fully saturated rings. The summed E-state index contributed by atoms with van der Waals surface area (Å²) < 4.78 is 9.43. The maximum absolute atomic E-state index is 12.9. The van der Waals surface area contributed by atoms with Gasteiger partial charge in [-0.25, -0.2) is 9.48 Å². The quantitative estimate of drug-likeness (QED) is 0.498. The highest BCUT2D eigenvalue weighted by Gasteiger charge is 2.20. The zero-order chi connectivity index (χ0) is 22.3. The summed E-state index contributed by atoms with van der Waals surface area (Å²) in [5.41, 5.74) is 1.99. The van der Waals surface area contributed by atoms with Crippen molar-refractivity contribution < 1.29 is 14.0 Å². The molecule has 0 unspecified atom stereocenters. The number of rotatable bonds is 5. The van der Waals surface area contributed by atoms with E-state index in [-0.39, 0.29) is 29.2 Å². The minimum Gasteiger partial charge on any atom is -0.408 e. The number of oxazole rings is 1. The number of amides is 1. The number of anilines is 1. The Balaban J connectivity index is 1.65. The average molecular weight is 420 g/mol. The Labute approximate surface area is 176 Å². The van der Waals surface area contributed by atoms with E-state index in [0.717, 1.165) is 4.57 Å². The van der Waals surface area contributed by atoms with E-state index >= 15 is 0 Å². The van der Waals surface area contributed by atoms with Crippen LogP contribution in [0.4, 0.5) is 5.69 Å². The summed E-state index contributed by atoms with van der Waals surface area (Å²) in [6.45, 7) is 2.79. The van der Waals surface area contributed by atoms with Gasteiger partial charge in [-0.05, 0) is 44.2 Å². The summed E-state index contributed by atoms with van der Waals surface area (Å²) in [6.07, 6.45) is 0. The summed E-state index contributed by atoms with van der Waals surface area (Å²) in [6, 6.07) is 13.6. The highest BCUT2D eigenvalue weighted by molar-refractivity contribution is 5.97. The number of Topliss-reactive ketones (excluding diaryl/α,β-unsaturated/α-hetero) is 1. The lowest BCUT2D eigenvalue weighted by atomic mass is 10.1. The molecule has 0 saturated carbocycles. The number of carbonyl (C=O) groups is 2. The molecule has 0 atom stereocenters. The highest BCUT2D eigenvalue weighted by Crippen LogP contribution is 2.17. The maximum Gasteiger partial charge on any atom is 0.420 e. The lowest BCUT2D eigenvalue weighted by molar-refractivity contribution is -0.116. The zero-order valence-electron chi connectivity index (χ0n) is 17.2. The second-order valence-electron chi connectivity index (χ2n) is 7.18. The third-order valence-electron chi connectivity index (χ3n) is 5.20. The fourth-order valence-corrected chi connectivity index (χ4v) is 3.47. The number of fused-ring (bicyclic) bond motifs is 1. The van der Waals surface area contributed by atoms with E-state index in [0.29, 0.717) is 22.5 Å². The molecule has 4 rings (SSSR count). The minimum atomic E-state index is -0.725. The molecule has 0 aliphatic rings. The lowest BCUT2D eigenvalue weighted by Crippen LogP contribution is -2.27. The van der Waals surface area contributed by atoms with Crippen LogP contribution < -0.4 is 16.6 Å². The smallest absolute Gasteiger partial charge is 0.408 e. The van der Waals surface area contributed by atoms with Crippen LogP contribution in [0.25, 0.3) is 16.8 Å². The Morgan fingerprint density at radius 2 is 1.77 bits per heavy atom. The van der Waals surface area contributed by atoms with Gasteiger partial charge in [0.2, 0.25) is 5.91 Å². The second-order valence-corrected chi connectivity index (χ2v) is 7.18. The van der Waals surface area contributed by atoms with Crippen LogP contribution in [-0.2, 0) is 18.4 Å². The number of nitrogens with one attached hydrogen (secondary N) is 1. The van der Waals surface area contributed by atoms with Gasteiger partial charge in [0.25, 0.3) is 5.56 Å². The molecule has 0 bridgehead atoms. The molecule has 0 aliphatic carbocycles. The van der Waals surface area contributed by atoms with Gasteiger partial charge in [0.05, 0.1) is 16.9 Å². The molecule has 9 heteroatoms. The molecule has 4 aromatic rings. The number of ketones is 1. The minimum absolute atomic E-state index is 0.135. The van der Waals surface area contributed by atoms with Gasteiger partial charge in [0.15, 0.2) is 11.4 Å². The van der Waals surface area contributed by atoms with Gasteiger partial charge in [-0.15, -0.1) is 0 Å². The van der Waals surface area contributed by atoms with Crippen LogP contribution in [-0.4, -0.2) is 25.6 Å². The number of carbonyl (C=O) groups excluding carboxylic acids is 2. The van der Waals surface area contributed by atoms with Crippen molar-refractivity contribution in [2.75, 3.05) is 5.32 Å². The van der Waals surface area contributed by atoms with Crippen molar-refractivity contribution in [3.63, 3.8) is 0 Å². The molecule has 9 nitrogen and oxygen atoms in total. The summed E-state index contributed by atoms with van der Waals surface area (Å²) in [5.74, 6) is -1.44. The average Bonchev–Trinajstić information content (AvgIpc) is 3.16. The largest absolute Gasteiger partial charge is 0.420 e. The molecule has 0 radical (unpaired) electrons. The van der Waals surface area contributed by atoms with E-state index in [1.165, 1.54) is 17.7 Å². The fourth-order valence-electron chi connectivity index (χ4n) is 3.47. The molecule has 31 heavy (non-hydrogen) atoms. The van der Waals surface area contributed by atoms with Crippen molar-refractivity contribution in [1.82, 2.24) is 13.9 Å². The van der Waals surface area contributed by atoms with Gasteiger partial charge >= 0.3 is 5.76 Å². The number of nitrogens with zero attached hydrogens (tertiary/aromatic N) is 3. The van der Waals surface area contributed by atoms with Crippen molar-refractivity contribution in [3.8, 4) is 5.69 Å². The first-order chi connectivity index (χ1) is 14.8. The Kier molecular flexibility index (Phi) is 4.94. The first-order valence-corrected chi connectivity index (χ1v) is 9.56. The van der Waals surface area contributed by atoms with E-state index in [9.17, 15) is 19.2 Å². The molecule has 0 spiro atoms. The molecule has 2 heterocycles. The van der Waals surface area contributed by atoms with Crippen LogP contribution in [0, 0.1) is 6.92 Å². The second kappa shape index (κ2) is 7.60. The third kappa shape index (κ3) is 3.50. The van der Waals surface area contributed by atoms with Gasteiger partial charge in [-0.1, -0.05) is 18.2 Å². The first kappa shape index (κ1) is 20.1. The Morgan fingerprint density at radius 1 is 1.06 bits per heavy atom. The molecular formula is C22H20N4O5. The van der Waals surface area contributed by atoms with Crippen molar-refractivity contribution in [2.24, 2.45) is 7.05 Å². The first-order valence-electron chi connectivity index (χ1n) is 9.56. The Hall–Kier alpha value is -4.14. The van der Waals surface area contributed by atoms with Crippen LogP contribution in [0.3, 0.4) is 0 Å². The molecule has 158 valence electrons. The molecule has 2 aromatic carbocycles. The van der Waals surface area contributed by atoms with Crippen LogP contribution in [0.5, 0.6) is 0 Å². The van der Waals surface area contributed by atoms with E-state index in [4.69, 9.17) is 4.42 Å².